The van der Waals surface area contributed by atoms with Crippen LogP contribution in [0.25, 0.3) is 0 Å². The highest BCUT2D eigenvalue weighted by Crippen LogP contribution is 2.18. The molecule has 1 N–H and O–H groups in total. The Morgan fingerprint density at radius 1 is 1.38 bits per heavy atom. The second kappa shape index (κ2) is 4.87. The minimum absolute atomic E-state index is 0.0751. The predicted octanol–water partition coefficient (Wildman–Crippen LogP) is 2.14. The first-order valence-electron chi connectivity index (χ1n) is 4.57. The number of aryl methyl sites for hydroxylation is 1. The van der Waals surface area contributed by atoms with Crippen molar-refractivity contribution in [1.29, 1.82) is 0 Å². The van der Waals surface area contributed by atoms with Crippen LogP contribution in [0.15, 0.2) is 24.3 Å². The van der Waals surface area contributed by atoms with Gasteiger partial charge in [0, 0.05) is 13.0 Å². The van der Waals surface area contributed by atoms with Gasteiger partial charge in [0.2, 0.25) is 0 Å². The van der Waals surface area contributed by atoms with Crippen molar-refractivity contribution in [3.63, 3.8) is 0 Å². The third kappa shape index (κ3) is 3.07. The molecule has 0 aliphatic heterocycles. The Hall–Kier alpha value is -1.02. The smallest absolute Gasteiger partial charge is 0.122 e. The molecule has 72 valence electrons. The van der Waals surface area contributed by atoms with Crippen LogP contribution in [0.4, 0.5) is 0 Å². The molecule has 1 aromatic carbocycles. The van der Waals surface area contributed by atoms with Crippen molar-refractivity contribution >= 4 is 0 Å². The van der Waals surface area contributed by atoms with E-state index < -0.39 is 0 Å². The Bertz CT molecular complexity index is 258. The van der Waals surface area contributed by atoms with E-state index in [9.17, 15) is 0 Å². The first-order valence-corrected chi connectivity index (χ1v) is 4.57. The molecule has 0 heterocycles. The largest absolute Gasteiger partial charge is 0.490 e. The Kier molecular flexibility index (Phi) is 3.77. The van der Waals surface area contributed by atoms with Crippen molar-refractivity contribution in [2.45, 2.75) is 26.4 Å². The summed E-state index contributed by atoms with van der Waals surface area (Å²) in [6.45, 7) is 4.15. The molecule has 1 rings (SSSR count). The molecule has 13 heavy (non-hydrogen) atoms. The van der Waals surface area contributed by atoms with Crippen LogP contribution in [0.3, 0.4) is 0 Å². The second-order valence-corrected chi connectivity index (χ2v) is 3.21. The highest BCUT2D eigenvalue weighted by atomic mass is 16.5. The molecule has 0 aromatic heterocycles. The van der Waals surface area contributed by atoms with E-state index in [-0.39, 0.29) is 12.7 Å². The number of ether oxygens (including phenoxy) is 1. The van der Waals surface area contributed by atoms with Gasteiger partial charge in [-0.2, -0.15) is 0 Å². The van der Waals surface area contributed by atoms with Crippen LogP contribution >= 0.6 is 0 Å². The first-order chi connectivity index (χ1) is 6.24. The number of hydrogen-bond acceptors (Lipinski definition) is 2. The average Bonchev–Trinajstić information content (AvgIpc) is 2.09. The summed E-state index contributed by atoms with van der Waals surface area (Å²) in [5.74, 6) is 0.906. The van der Waals surface area contributed by atoms with Crippen LogP contribution < -0.4 is 4.74 Å². The van der Waals surface area contributed by atoms with E-state index in [1.807, 2.05) is 38.1 Å². The van der Waals surface area contributed by atoms with Crippen LogP contribution in [0.2, 0.25) is 0 Å². The third-order valence-corrected chi connectivity index (χ3v) is 1.96. The number of rotatable bonds is 4. The standard InChI is InChI=1S/C11H16O2/c1-9-5-3-4-6-11(9)13-10(2)7-8-12/h3-6,10,12H,7-8H2,1-2H3. The SMILES string of the molecule is Cc1ccccc1OC(C)CCO. The van der Waals surface area contributed by atoms with E-state index >= 15 is 0 Å². The zero-order valence-electron chi connectivity index (χ0n) is 8.16. The molecule has 1 aromatic rings. The zero-order valence-corrected chi connectivity index (χ0v) is 8.16. The van der Waals surface area contributed by atoms with Crippen molar-refractivity contribution in [2.75, 3.05) is 6.61 Å². The van der Waals surface area contributed by atoms with E-state index in [2.05, 4.69) is 0 Å². The normalized spacial score (nSPS) is 12.5. The molecule has 0 aliphatic carbocycles. The second-order valence-electron chi connectivity index (χ2n) is 3.21. The van der Waals surface area contributed by atoms with Gasteiger partial charge in [0.25, 0.3) is 0 Å². The van der Waals surface area contributed by atoms with Gasteiger partial charge in [0.1, 0.15) is 5.75 Å². The molecule has 0 fully saturated rings. The molecule has 0 radical (unpaired) electrons. The summed E-state index contributed by atoms with van der Waals surface area (Å²) < 4.78 is 5.63. The Labute approximate surface area is 79.2 Å². The monoisotopic (exact) mass is 180 g/mol. The Morgan fingerprint density at radius 3 is 2.69 bits per heavy atom. The van der Waals surface area contributed by atoms with Crippen LogP contribution in [0.5, 0.6) is 5.75 Å². The van der Waals surface area contributed by atoms with Crippen molar-refractivity contribution in [3.05, 3.63) is 29.8 Å². The van der Waals surface area contributed by atoms with Crippen LogP contribution in [-0.4, -0.2) is 17.8 Å². The lowest BCUT2D eigenvalue weighted by atomic mass is 10.2. The molecule has 2 heteroatoms. The molecule has 2 nitrogen and oxygen atoms in total. The maximum absolute atomic E-state index is 8.70. The predicted molar refractivity (Wildman–Crippen MR) is 53.0 cm³/mol. The van der Waals surface area contributed by atoms with Gasteiger partial charge in [0.05, 0.1) is 6.10 Å². The van der Waals surface area contributed by atoms with E-state index in [1.54, 1.807) is 0 Å². The number of aliphatic hydroxyl groups excluding tert-OH is 1. The topological polar surface area (TPSA) is 29.5 Å². The fourth-order valence-corrected chi connectivity index (χ4v) is 1.15. The summed E-state index contributed by atoms with van der Waals surface area (Å²) in [6.07, 6.45) is 0.750. The van der Waals surface area contributed by atoms with Crippen molar-refractivity contribution in [3.8, 4) is 5.75 Å². The van der Waals surface area contributed by atoms with Crippen LogP contribution in [-0.2, 0) is 0 Å². The van der Waals surface area contributed by atoms with Gasteiger partial charge in [-0.1, -0.05) is 18.2 Å². The number of para-hydroxylation sites is 1. The molecular weight excluding hydrogens is 164 g/mol. The minimum atomic E-state index is 0.0751. The summed E-state index contributed by atoms with van der Waals surface area (Å²) in [6, 6.07) is 7.90. The summed E-state index contributed by atoms with van der Waals surface area (Å²) in [7, 11) is 0. The molecule has 0 aliphatic rings. The van der Waals surface area contributed by atoms with Crippen molar-refractivity contribution in [2.24, 2.45) is 0 Å². The summed E-state index contributed by atoms with van der Waals surface area (Å²) in [5.41, 5.74) is 1.13. The molecule has 0 bridgehead atoms. The maximum Gasteiger partial charge on any atom is 0.122 e. The Morgan fingerprint density at radius 2 is 2.08 bits per heavy atom. The van der Waals surface area contributed by atoms with E-state index in [4.69, 9.17) is 9.84 Å². The average molecular weight is 180 g/mol. The third-order valence-electron chi connectivity index (χ3n) is 1.96. The van der Waals surface area contributed by atoms with Crippen LogP contribution in [0.1, 0.15) is 18.9 Å². The fourth-order valence-electron chi connectivity index (χ4n) is 1.15. The lowest BCUT2D eigenvalue weighted by molar-refractivity contribution is 0.168. The summed E-state index contributed by atoms with van der Waals surface area (Å²) in [4.78, 5) is 0. The van der Waals surface area contributed by atoms with Gasteiger partial charge >= 0.3 is 0 Å². The van der Waals surface area contributed by atoms with Gasteiger partial charge in [-0.25, -0.2) is 0 Å². The van der Waals surface area contributed by atoms with Gasteiger partial charge in [0.15, 0.2) is 0 Å². The van der Waals surface area contributed by atoms with Crippen LogP contribution in [0, 0.1) is 6.92 Å². The molecule has 0 saturated carbocycles. The molecular formula is C11H16O2. The number of hydrogen-bond donors (Lipinski definition) is 1. The number of aliphatic hydroxyl groups is 1. The molecule has 0 spiro atoms. The molecule has 1 atom stereocenters. The number of benzene rings is 1. The highest BCUT2D eigenvalue weighted by Gasteiger charge is 2.04. The quantitative estimate of drug-likeness (QED) is 0.769. The molecule has 0 saturated heterocycles. The highest BCUT2D eigenvalue weighted by molar-refractivity contribution is 5.31. The van der Waals surface area contributed by atoms with Crippen molar-refractivity contribution in [1.82, 2.24) is 0 Å². The lowest BCUT2D eigenvalue weighted by Gasteiger charge is -2.14. The molecule has 0 amide bonds. The summed E-state index contributed by atoms with van der Waals surface area (Å²) >= 11 is 0. The van der Waals surface area contributed by atoms with E-state index in [0.717, 1.165) is 11.3 Å². The van der Waals surface area contributed by atoms with E-state index in [0.29, 0.717) is 6.42 Å². The maximum atomic E-state index is 8.70. The summed E-state index contributed by atoms with van der Waals surface area (Å²) in [5, 5.41) is 8.70. The first kappa shape index (κ1) is 10.1. The lowest BCUT2D eigenvalue weighted by Crippen LogP contribution is -2.13. The zero-order chi connectivity index (χ0) is 9.68. The van der Waals surface area contributed by atoms with E-state index in [1.165, 1.54) is 0 Å². The minimum Gasteiger partial charge on any atom is -0.490 e. The van der Waals surface area contributed by atoms with Gasteiger partial charge in [-0.3, -0.25) is 0 Å². The van der Waals surface area contributed by atoms with Crippen molar-refractivity contribution < 1.29 is 9.84 Å². The van der Waals surface area contributed by atoms with Gasteiger partial charge in [-0.05, 0) is 25.5 Å². The fraction of sp³-hybridized carbons (Fsp3) is 0.455. The van der Waals surface area contributed by atoms with Gasteiger partial charge < -0.3 is 9.84 Å². The Balaban J connectivity index is 2.58. The van der Waals surface area contributed by atoms with Gasteiger partial charge in [-0.15, -0.1) is 0 Å². The molecule has 1 unspecified atom stereocenters.